The Morgan fingerprint density at radius 2 is 1.93 bits per heavy atom. The molecular formula is C12H21NO2. The first-order valence-corrected chi connectivity index (χ1v) is 5.93. The predicted octanol–water partition coefficient (Wildman–Crippen LogP) is 1.45. The van der Waals surface area contributed by atoms with Crippen molar-refractivity contribution in [3.8, 4) is 0 Å². The van der Waals surface area contributed by atoms with E-state index >= 15 is 0 Å². The SMILES string of the molecule is CC1(C)C[C@@H]1C(=O)NCC1(O)CCCC1. The van der Waals surface area contributed by atoms with Crippen molar-refractivity contribution in [3.05, 3.63) is 0 Å². The molecule has 0 bridgehead atoms. The Bertz CT molecular complexity index is 267. The Morgan fingerprint density at radius 1 is 1.40 bits per heavy atom. The van der Waals surface area contributed by atoms with Gasteiger partial charge in [0.2, 0.25) is 5.91 Å². The van der Waals surface area contributed by atoms with Crippen LogP contribution in [0.1, 0.15) is 46.0 Å². The Hall–Kier alpha value is -0.570. The minimum atomic E-state index is -0.616. The molecule has 1 amide bonds. The summed E-state index contributed by atoms with van der Waals surface area (Å²) >= 11 is 0. The molecule has 3 nitrogen and oxygen atoms in total. The van der Waals surface area contributed by atoms with Crippen LogP contribution in [0, 0.1) is 11.3 Å². The molecule has 1 atom stereocenters. The van der Waals surface area contributed by atoms with Gasteiger partial charge in [-0.3, -0.25) is 4.79 Å². The summed E-state index contributed by atoms with van der Waals surface area (Å²) < 4.78 is 0. The summed E-state index contributed by atoms with van der Waals surface area (Å²) in [5, 5.41) is 13.0. The highest BCUT2D eigenvalue weighted by Crippen LogP contribution is 2.51. The highest BCUT2D eigenvalue weighted by atomic mass is 16.3. The molecule has 0 saturated heterocycles. The lowest BCUT2D eigenvalue weighted by Gasteiger charge is -2.22. The second-order valence-corrected chi connectivity index (χ2v) is 5.89. The zero-order valence-corrected chi connectivity index (χ0v) is 9.68. The number of hydrogen-bond donors (Lipinski definition) is 2. The van der Waals surface area contributed by atoms with Crippen molar-refractivity contribution in [2.24, 2.45) is 11.3 Å². The van der Waals surface area contributed by atoms with E-state index in [1.165, 1.54) is 0 Å². The molecule has 0 spiro atoms. The summed E-state index contributed by atoms with van der Waals surface area (Å²) in [5.74, 6) is 0.294. The van der Waals surface area contributed by atoms with Gasteiger partial charge in [-0.15, -0.1) is 0 Å². The minimum Gasteiger partial charge on any atom is -0.388 e. The standard InChI is InChI=1S/C12H21NO2/c1-11(2)7-9(11)10(14)13-8-12(15)5-3-4-6-12/h9,15H,3-8H2,1-2H3,(H,13,14)/t9-/m1/s1. The van der Waals surface area contributed by atoms with Crippen LogP contribution in [0.4, 0.5) is 0 Å². The monoisotopic (exact) mass is 211 g/mol. The van der Waals surface area contributed by atoms with E-state index in [0.29, 0.717) is 6.54 Å². The molecule has 2 N–H and O–H groups in total. The van der Waals surface area contributed by atoms with E-state index in [1.807, 2.05) is 0 Å². The maximum Gasteiger partial charge on any atom is 0.223 e. The van der Waals surface area contributed by atoms with Crippen molar-refractivity contribution in [3.63, 3.8) is 0 Å². The lowest BCUT2D eigenvalue weighted by atomic mass is 10.0. The van der Waals surface area contributed by atoms with Crippen molar-refractivity contribution in [1.29, 1.82) is 0 Å². The smallest absolute Gasteiger partial charge is 0.223 e. The van der Waals surface area contributed by atoms with Gasteiger partial charge in [-0.1, -0.05) is 26.7 Å². The third-order valence-electron chi connectivity index (χ3n) is 3.96. The van der Waals surface area contributed by atoms with E-state index in [9.17, 15) is 9.90 Å². The molecule has 86 valence electrons. The van der Waals surface area contributed by atoms with Crippen molar-refractivity contribution < 1.29 is 9.90 Å². The van der Waals surface area contributed by atoms with Gasteiger partial charge in [0.05, 0.1) is 5.60 Å². The molecule has 0 radical (unpaired) electrons. The Kier molecular flexibility index (Phi) is 2.53. The lowest BCUT2D eigenvalue weighted by Crippen LogP contribution is -2.41. The molecule has 2 aliphatic carbocycles. The van der Waals surface area contributed by atoms with Crippen LogP contribution >= 0.6 is 0 Å². The average molecular weight is 211 g/mol. The summed E-state index contributed by atoms with van der Waals surface area (Å²) in [7, 11) is 0. The number of nitrogens with one attached hydrogen (secondary N) is 1. The fourth-order valence-electron chi connectivity index (χ4n) is 2.50. The molecule has 2 aliphatic rings. The Balaban J connectivity index is 1.76. The van der Waals surface area contributed by atoms with Crippen molar-refractivity contribution in [1.82, 2.24) is 5.32 Å². The number of rotatable bonds is 3. The summed E-state index contributed by atoms with van der Waals surface area (Å²) in [6.07, 6.45) is 4.82. The zero-order chi connectivity index (χ0) is 11.1. The van der Waals surface area contributed by atoms with E-state index in [-0.39, 0.29) is 17.2 Å². The van der Waals surface area contributed by atoms with Crippen LogP contribution in [0.3, 0.4) is 0 Å². The van der Waals surface area contributed by atoms with E-state index in [2.05, 4.69) is 19.2 Å². The molecule has 0 aromatic carbocycles. The van der Waals surface area contributed by atoms with Crippen LogP contribution < -0.4 is 5.32 Å². The Labute approximate surface area is 91.2 Å². The van der Waals surface area contributed by atoms with Crippen LogP contribution in [0.15, 0.2) is 0 Å². The van der Waals surface area contributed by atoms with E-state index in [4.69, 9.17) is 0 Å². The van der Waals surface area contributed by atoms with Crippen LogP contribution in [0.25, 0.3) is 0 Å². The molecule has 15 heavy (non-hydrogen) atoms. The normalized spacial score (nSPS) is 31.3. The molecule has 0 unspecified atom stereocenters. The second kappa shape index (κ2) is 3.48. The van der Waals surface area contributed by atoms with Crippen molar-refractivity contribution >= 4 is 5.91 Å². The van der Waals surface area contributed by atoms with Gasteiger partial charge in [0.25, 0.3) is 0 Å². The second-order valence-electron chi connectivity index (χ2n) is 5.89. The number of hydrogen-bond acceptors (Lipinski definition) is 2. The first kappa shape index (κ1) is 10.9. The molecule has 2 fully saturated rings. The summed E-state index contributed by atoms with van der Waals surface area (Å²) in [6.45, 7) is 4.67. The van der Waals surface area contributed by atoms with Gasteiger partial charge in [0, 0.05) is 12.5 Å². The fraction of sp³-hybridized carbons (Fsp3) is 0.917. The maximum atomic E-state index is 11.7. The van der Waals surface area contributed by atoms with Gasteiger partial charge in [0.1, 0.15) is 0 Å². The van der Waals surface area contributed by atoms with Crippen molar-refractivity contribution in [2.75, 3.05) is 6.54 Å². The summed E-state index contributed by atoms with van der Waals surface area (Å²) in [5.41, 5.74) is -0.433. The number of carbonyl (C=O) groups is 1. The molecule has 2 rings (SSSR count). The number of amides is 1. The van der Waals surface area contributed by atoms with E-state index < -0.39 is 5.60 Å². The molecular weight excluding hydrogens is 190 g/mol. The topological polar surface area (TPSA) is 49.3 Å². The third kappa shape index (κ3) is 2.33. The summed E-state index contributed by atoms with van der Waals surface area (Å²) in [6, 6.07) is 0. The van der Waals surface area contributed by atoms with Gasteiger partial charge < -0.3 is 10.4 Å². The molecule has 2 saturated carbocycles. The lowest BCUT2D eigenvalue weighted by molar-refractivity contribution is -0.124. The van der Waals surface area contributed by atoms with Crippen molar-refractivity contribution in [2.45, 2.75) is 51.6 Å². The molecule has 0 aliphatic heterocycles. The van der Waals surface area contributed by atoms with Crippen LogP contribution in [0.2, 0.25) is 0 Å². The van der Waals surface area contributed by atoms with Gasteiger partial charge in [-0.05, 0) is 24.7 Å². The minimum absolute atomic E-state index is 0.125. The quantitative estimate of drug-likeness (QED) is 0.742. The first-order chi connectivity index (χ1) is 6.93. The third-order valence-corrected chi connectivity index (χ3v) is 3.96. The zero-order valence-electron chi connectivity index (χ0n) is 9.68. The van der Waals surface area contributed by atoms with E-state index in [1.54, 1.807) is 0 Å². The van der Waals surface area contributed by atoms with Crippen LogP contribution in [-0.4, -0.2) is 23.2 Å². The summed E-state index contributed by atoms with van der Waals surface area (Å²) in [4.78, 5) is 11.7. The highest BCUT2D eigenvalue weighted by molar-refractivity contribution is 5.82. The van der Waals surface area contributed by atoms with Crippen LogP contribution in [-0.2, 0) is 4.79 Å². The average Bonchev–Trinajstić information content (AvgIpc) is 2.60. The maximum absolute atomic E-state index is 11.7. The van der Waals surface area contributed by atoms with Gasteiger partial charge in [-0.25, -0.2) is 0 Å². The van der Waals surface area contributed by atoms with E-state index in [0.717, 1.165) is 32.1 Å². The largest absolute Gasteiger partial charge is 0.388 e. The Morgan fingerprint density at radius 3 is 2.40 bits per heavy atom. The number of carbonyl (C=O) groups excluding carboxylic acids is 1. The predicted molar refractivity (Wildman–Crippen MR) is 58.3 cm³/mol. The molecule has 0 aromatic rings. The fourth-order valence-corrected chi connectivity index (χ4v) is 2.50. The molecule has 0 aromatic heterocycles. The molecule has 0 heterocycles. The number of aliphatic hydroxyl groups is 1. The molecule has 3 heteroatoms. The van der Waals surface area contributed by atoms with Gasteiger partial charge in [-0.2, -0.15) is 0 Å². The van der Waals surface area contributed by atoms with Gasteiger partial charge >= 0.3 is 0 Å². The van der Waals surface area contributed by atoms with Gasteiger partial charge in [0.15, 0.2) is 0 Å². The first-order valence-electron chi connectivity index (χ1n) is 5.93. The highest BCUT2D eigenvalue weighted by Gasteiger charge is 2.50. The van der Waals surface area contributed by atoms with Crippen LogP contribution in [0.5, 0.6) is 0 Å².